The average molecular weight is 383 g/mol. The van der Waals surface area contributed by atoms with Crippen LogP contribution in [-0.2, 0) is 5.75 Å². The second-order valence-electron chi connectivity index (χ2n) is 5.79. The molecule has 0 saturated heterocycles. The second-order valence-corrected chi connectivity index (χ2v) is 8.05. The maximum absolute atomic E-state index is 6.03. The predicted octanol–water partition coefficient (Wildman–Crippen LogP) is 6.61. The summed E-state index contributed by atoms with van der Waals surface area (Å²) in [5, 5.41) is 5.05. The molecule has 0 fully saturated rings. The minimum Gasteiger partial charge on any atom is -0.229 e. The molecule has 0 unspecified atom stereocenters. The van der Waals surface area contributed by atoms with Crippen LogP contribution in [0.5, 0.6) is 0 Å². The Balaban J connectivity index is 1.71. The number of benzene rings is 2. The summed E-state index contributed by atoms with van der Waals surface area (Å²) in [5.41, 5.74) is 4.90. The minimum atomic E-state index is 0.744. The minimum absolute atomic E-state index is 0.744. The summed E-state index contributed by atoms with van der Waals surface area (Å²) in [7, 11) is 0. The van der Waals surface area contributed by atoms with Crippen molar-refractivity contribution in [3.63, 3.8) is 0 Å². The Morgan fingerprint density at radius 2 is 1.92 bits per heavy atom. The van der Waals surface area contributed by atoms with Crippen LogP contribution in [0, 0.1) is 6.92 Å². The van der Waals surface area contributed by atoms with Gasteiger partial charge in [-0.2, -0.15) is 0 Å². The number of rotatable bonds is 4. The lowest BCUT2D eigenvalue weighted by Crippen LogP contribution is -1.88. The van der Waals surface area contributed by atoms with Crippen LogP contribution in [0.15, 0.2) is 65.3 Å². The predicted molar refractivity (Wildman–Crippen MR) is 109 cm³/mol. The third-order valence-electron chi connectivity index (χ3n) is 3.95. The number of thiophene rings is 1. The Kier molecular flexibility index (Phi) is 4.75. The highest BCUT2D eigenvalue weighted by Crippen LogP contribution is 2.38. The SMILES string of the molecule is Cc1cccc(CSc2ncnc3scc(-c4ccc(Cl)cc4)c23)c1. The molecule has 0 bridgehead atoms. The van der Waals surface area contributed by atoms with Crippen LogP contribution in [0.1, 0.15) is 11.1 Å². The zero-order valence-corrected chi connectivity index (χ0v) is 16.0. The van der Waals surface area contributed by atoms with Gasteiger partial charge in [0.2, 0.25) is 0 Å². The molecule has 0 aliphatic carbocycles. The lowest BCUT2D eigenvalue weighted by atomic mass is 10.1. The largest absolute Gasteiger partial charge is 0.229 e. The van der Waals surface area contributed by atoms with Gasteiger partial charge in [0.25, 0.3) is 0 Å². The van der Waals surface area contributed by atoms with Crippen molar-refractivity contribution < 1.29 is 0 Å². The van der Waals surface area contributed by atoms with Gasteiger partial charge in [0.15, 0.2) is 0 Å². The van der Waals surface area contributed by atoms with E-state index in [-0.39, 0.29) is 0 Å². The van der Waals surface area contributed by atoms with Crippen molar-refractivity contribution in [2.75, 3.05) is 0 Å². The summed E-state index contributed by atoms with van der Waals surface area (Å²) < 4.78 is 0. The van der Waals surface area contributed by atoms with Crippen LogP contribution in [-0.4, -0.2) is 9.97 Å². The molecule has 0 spiro atoms. The Morgan fingerprint density at radius 1 is 1.08 bits per heavy atom. The zero-order chi connectivity index (χ0) is 17.2. The molecule has 0 atom stereocenters. The molecule has 124 valence electrons. The van der Waals surface area contributed by atoms with Gasteiger partial charge in [-0.25, -0.2) is 9.97 Å². The van der Waals surface area contributed by atoms with E-state index in [0.717, 1.165) is 31.6 Å². The molecule has 0 N–H and O–H groups in total. The summed E-state index contributed by atoms with van der Waals surface area (Å²) in [5.74, 6) is 0.893. The molecular weight excluding hydrogens is 368 g/mol. The molecule has 0 aliphatic heterocycles. The maximum Gasteiger partial charge on any atom is 0.128 e. The molecule has 2 aromatic carbocycles. The quantitative estimate of drug-likeness (QED) is 0.293. The first-order valence-corrected chi connectivity index (χ1v) is 10.1. The first-order valence-electron chi connectivity index (χ1n) is 7.87. The number of aryl methyl sites for hydroxylation is 1. The fourth-order valence-electron chi connectivity index (χ4n) is 2.75. The summed E-state index contributed by atoms with van der Waals surface area (Å²) >= 11 is 9.44. The van der Waals surface area contributed by atoms with Crippen molar-refractivity contribution in [1.82, 2.24) is 9.97 Å². The third kappa shape index (κ3) is 3.56. The van der Waals surface area contributed by atoms with Gasteiger partial charge in [-0.1, -0.05) is 53.6 Å². The number of hydrogen-bond acceptors (Lipinski definition) is 4. The number of nitrogens with zero attached hydrogens (tertiary/aromatic N) is 2. The highest BCUT2D eigenvalue weighted by atomic mass is 35.5. The van der Waals surface area contributed by atoms with Gasteiger partial charge >= 0.3 is 0 Å². The Hall–Kier alpha value is -1.88. The van der Waals surface area contributed by atoms with E-state index < -0.39 is 0 Å². The Labute approximate surface area is 159 Å². The molecule has 4 rings (SSSR count). The normalized spacial score (nSPS) is 11.1. The Morgan fingerprint density at radius 3 is 2.72 bits per heavy atom. The molecule has 25 heavy (non-hydrogen) atoms. The summed E-state index contributed by atoms with van der Waals surface area (Å²) in [6.45, 7) is 2.12. The number of fused-ring (bicyclic) bond motifs is 1. The van der Waals surface area contributed by atoms with Crippen LogP contribution in [0.4, 0.5) is 0 Å². The lowest BCUT2D eigenvalue weighted by Gasteiger charge is -2.06. The number of halogens is 1. The van der Waals surface area contributed by atoms with E-state index in [0.29, 0.717) is 0 Å². The molecular formula is C20H15ClN2S2. The van der Waals surface area contributed by atoms with Crippen LogP contribution in [0.2, 0.25) is 5.02 Å². The summed E-state index contributed by atoms with van der Waals surface area (Å²) in [4.78, 5) is 10.0. The fraction of sp³-hybridized carbons (Fsp3) is 0.100. The van der Waals surface area contributed by atoms with E-state index in [4.69, 9.17) is 11.6 Å². The molecule has 2 nitrogen and oxygen atoms in total. The number of aromatic nitrogens is 2. The molecule has 0 radical (unpaired) electrons. The van der Waals surface area contributed by atoms with Gasteiger partial charge in [-0.05, 0) is 30.2 Å². The zero-order valence-electron chi connectivity index (χ0n) is 13.6. The van der Waals surface area contributed by atoms with E-state index >= 15 is 0 Å². The van der Waals surface area contributed by atoms with Crippen LogP contribution < -0.4 is 0 Å². The molecule has 5 heteroatoms. The molecule has 0 aliphatic rings. The van der Waals surface area contributed by atoms with Crippen molar-refractivity contribution in [1.29, 1.82) is 0 Å². The Bertz CT molecular complexity index is 1030. The number of thioether (sulfide) groups is 1. The van der Waals surface area contributed by atoms with Gasteiger partial charge in [0, 0.05) is 21.7 Å². The molecule has 2 heterocycles. The van der Waals surface area contributed by atoms with Crippen molar-refractivity contribution in [3.8, 4) is 11.1 Å². The number of hydrogen-bond donors (Lipinski definition) is 0. The van der Waals surface area contributed by atoms with E-state index in [9.17, 15) is 0 Å². The van der Waals surface area contributed by atoms with Gasteiger partial charge in [0.1, 0.15) is 16.2 Å². The smallest absolute Gasteiger partial charge is 0.128 e. The van der Waals surface area contributed by atoms with E-state index in [1.54, 1.807) is 29.4 Å². The highest BCUT2D eigenvalue weighted by Gasteiger charge is 2.13. The molecule has 0 saturated carbocycles. The monoisotopic (exact) mass is 382 g/mol. The van der Waals surface area contributed by atoms with E-state index in [2.05, 4.69) is 46.5 Å². The van der Waals surface area contributed by atoms with Gasteiger partial charge in [-0.15, -0.1) is 23.1 Å². The second kappa shape index (κ2) is 7.16. The van der Waals surface area contributed by atoms with Gasteiger partial charge in [0.05, 0.1) is 5.39 Å². The molecule has 2 aromatic heterocycles. The van der Waals surface area contributed by atoms with Crippen LogP contribution in [0.25, 0.3) is 21.3 Å². The first kappa shape index (κ1) is 16.6. The van der Waals surface area contributed by atoms with Gasteiger partial charge < -0.3 is 0 Å². The highest BCUT2D eigenvalue weighted by molar-refractivity contribution is 7.98. The standard InChI is InChI=1S/C20H15ClN2S2/c1-13-3-2-4-14(9-13)10-24-19-18-17(11-25-20(18)23-12-22-19)15-5-7-16(21)8-6-15/h2-9,11-12H,10H2,1H3. The molecule has 4 aromatic rings. The van der Waals surface area contributed by atoms with Crippen molar-refractivity contribution in [2.45, 2.75) is 17.7 Å². The van der Waals surface area contributed by atoms with Crippen LogP contribution in [0.3, 0.4) is 0 Å². The molecule has 0 amide bonds. The van der Waals surface area contributed by atoms with Crippen LogP contribution >= 0.6 is 34.7 Å². The average Bonchev–Trinajstić information content (AvgIpc) is 3.05. The van der Waals surface area contributed by atoms with Crippen molar-refractivity contribution >= 4 is 44.9 Å². The van der Waals surface area contributed by atoms with E-state index in [1.807, 2.05) is 24.3 Å². The first-order chi connectivity index (χ1) is 12.2. The van der Waals surface area contributed by atoms with E-state index in [1.165, 1.54) is 16.7 Å². The third-order valence-corrected chi connectivity index (χ3v) is 6.15. The lowest BCUT2D eigenvalue weighted by molar-refractivity contribution is 1.11. The summed E-state index contributed by atoms with van der Waals surface area (Å²) in [6, 6.07) is 16.5. The van der Waals surface area contributed by atoms with Crippen molar-refractivity contribution in [2.24, 2.45) is 0 Å². The fourth-order valence-corrected chi connectivity index (χ4v) is 4.81. The maximum atomic E-state index is 6.03. The van der Waals surface area contributed by atoms with Crippen molar-refractivity contribution in [3.05, 3.63) is 76.4 Å². The topological polar surface area (TPSA) is 25.8 Å². The van der Waals surface area contributed by atoms with Gasteiger partial charge in [-0.3, -0.25) is 0 Å². The summed E-state index contributed by atoms with van der Waals surface area (Å²) in [6.07, 6.45) is 1.66.